The molecule has 0 saturated carbocycles. The average Bonchev–Trinajstić information content (AvgIpc) is 2.61. The number of carbonyl (C=O) groups is 1. The summed E-state index contributed by atoms with van der Waals surface area (Å²) in [4.78, 5) is 11.8. The molecule has 2 heteroatoms. The van der Waals surface area contributed by atoms with Crippen LogP contribution in [0.3, 0.4) is 0 Å². The summed E-state index contributed by atoms with van der Waals surface area (Å²) in [5.41, 5.74) is 3.72. The molecule has 1 amide bonds. The van der Waals surface area contributed by atoms with E-state index < -0.39 is 0 Å². The second-order valence-corrected chi connectivity index (χ2v) is 6.39. The first kappa shape index (κ1) is 18.0. The molecule has 0 bridgehead atoms. The van der Waals surface area contributed by atoms with Crippen LogP contribution in [0.5, 0.6) is 0 Å². The van der Waals surface area contributed by atoms with Crippen LogP contribution in [0, 0.1) is 0 Å². The Bertz CT molecular complexity index is 641. The fourth-order valence-electron chi connectivity index (χ4n) is 2.53. The highest BCUT2D eigenvalue weighted by atomic mass is 16.1. The summed E-state index contributed by atoms with van der Waals surface area (Å²) in [5, 5.41) is 2.94. The average molecular weight is 321 g/mol. The lowest BCUT2D eigenvalue weighted by Gasteiger charge is -2.05. The van der Waals surface area contributed by atoms with Gasteiger partial charge in [-0.2, -0.15) is 0 Å². The number of hydrogen-bond acceptors (Lipinski definition) is 1. The maximum Gasteiger partial charge on any atom is 0.243 e. The topological polar surface area (TPSA) is 29.1 Å². The van der Waals surface area contributed by atoms with Crippen LogP contribution in [0.4, 0.5) is 0 Å². The van der Waals surface area contributed by atoms with Gasteiger partial charge in [0.15, 0.2) is 0 Å². The monoisotopic (exact) mass is 321 g/mol. The van der Waals surface area contributed by atoms with Gasteiger partial charge in [0.25, 0.3) is 0 Å². The zero-order chi connectivity index (χ0) is 17.2. The van der Waals surface area contributed by atoms with E-state index in [4.69, 9.17) is 0 Å². The van der Waals surface area contributed by atoms with Gasteiger partial charge in [0.05, 0.1) is 0 Å². The highest BCUT2D eigenvalue weighted by Crippen LogP contribution is 2.15. The molecular formula is C22H27NO. The van der Waals surface area contributed by atoms with Crippen molar-refractivity contribution in [3.8, 4) is 0 Å². The van der Waals surface area contributed by atoms with E-state index in [-0.39, 0.29) is 5.91 Å². The van der Waals surface area contributed by atoms with Crippen LogP contribution in [0.2, 0.25) is 0 Å². The van der Waals surface area contributed by atoms with Crippen LogP contribution in [-0.4, -0.2) is 12.5 Å². The number of unbranched alkanes of at least 4 members (excludes halogenated alkanes) is 1. The van der Waals surface area contributed by atoms with Gasteiger partial charge in [-0.3, -0.25) is 4.79 Å². The molecule has 24 heavy (non-hydrogen) atoms. The highest BCUT2D eigenvalue weighted by Gasteiger charge is 1.99. The number of rotatable bonds is 8. The molecule has 2 aromatic carbocycles. The molecule has 0 saturated heterocycles. The summed E-state index contributed by atoms with van der Waals surface area (Å²) >= 11 is 0. The predicted octanol–water partition coefficient (Wildman–Crippen LogP) is 4.96. The third-order valence-corrected chi connectivity index (χ3v) is 4.06. The van der Waals surface area contributed by atoms with Gasteiger partial charge < -0.3 is 5.32 Å². The van der Waals surface area contributed by atoms with E-state index in [1.165, 1.54) is 11.1 Å². The number of amides is 1. The van der Waals surface area contributed by atoms with Crippen molar-refractivity contribution in [3.05, 3.63) is 77.4 Å². The normalized spacial score (nSPS) is 11.1. The van der Waals surface area contributed by atoms with Crippen LogP contribution in [0.1, 0.15) is 49.3 Å². The minimum Gasteiger partial charge on any atom is -0.353 e. The summed E-state index contributed by atoms with van der Waals surface area (Å²) in [6.07, 6.45) is 6.63. The molecule has 0 unspecified atom stereocenters. The summed E-state index contributed by atoms with van der Waals surface area (Å²) in [7, 11) is 0. The minimum absolute atomic E-state index is 0.0253. The maximum absolute atomic E-state index is 11.8. The lowest BCUT2D eigenvalue weighted by molar-refractivity contribution is -0.116. The number of aryl methyl sites for hydroxylation is 1. The molecule has 0 radical (unpaired) electrons. The van der Waals surface area contributed by atoms with Crippen molar-refractivity contribution in [1.82, 2.24) is 5.32 Å². The lowest BCUT2D eigenvalue weighted by atomic mass is 10.0. The second kappa shape index (κ2) is 9.71. The fraction of sp³-hybridized carbons (Fsp3) is 0.318. The summed E-state index contributed by atoms with van der Waals surface area (Å²) in [6, 6.07) is 18.8. The van der Waals surface area contributed by atoms with Gasteiger partial charge in [0.1, 0.15) is 0 Å². The predicted molar refractivity (Wildman–Crippen MR) is 102 cm³/mol. The SMILES string of the molecule is CC(C)c1ccc(/C=C/C(=O)NCCCCc2ccccc2)cc1. The summed E-state index contributed by atoms with van der Waals surface area (Å²) in [6.45, 7) is 5.08. The van der Waals surface area contributed by atoms with E-state index in [1.807, 2.05) is 12.1 Å². The van der Waals surface area contributed by atoms with Gasteiger partial charge in [0, 0.05) is 12.6 Å². The number of carbonyl (C=O) groups excluding carboxylic acids is 1. The fourth-order valence-corrected chi connectivity index (χ4v) is 2.53. The smallest absolute Gasteiger partial charge is 0.243 e. The van der Waals surface area contributed by atoms with Crippen molar-refractivity contribution in [2.45, 2.75) is 39.0 Å². The van der Waals surface area contributed by atoms with Crippen molar-refractivity contribution < 1.29 is 4.79 Å². The van der Waals surface area contributed by atoms with Crippen LogP contribution in [0.25, 0.3) is 6.08 Å². The Morgan fingerprint density at radius 3 is 2.38 bits per heavy atom. The summed E-state index contributed by atoms with van der Waals surface area (Å²) in [5.74, 6) is 0.505. The van der Waals surface area contributed by atoms with Gasteiger partial charge in [-0.25, -0.2) is 0 Å². The van der Waals surface area contributed by atoms with Crippen molar-refractivity contribution in [2.24, 2.45) is 0 Å². The standard InChI is InChI=1S/C22H27NO/c1-18(2)21-14-11-20(12-15-21)13-16-22(24)23-17-7-6-10-19-8-4-3-5-9-19/h3-5,8-9,11-16,18H,6-7,10,17H2,1-2H3,(H,23,24)/b16-13+. The molecule has 2 rings (SSSR count). The Labute approximate surface area is 145 Å². The summed E-state index contributed by atoms with van der Waals surface area (Å²) < 4.78 is 0. The molecule has 0 heterocycles. The van der Waals surface area contributed by atoms with Gasteiger partial charge in [-0.1, -0.05) is 68.4 Å². The molecule has 0 spiro atoms. The van der Waals surface area contributed by atoms with Crippen molar-refractivity contribution in [2.75, 3.05) is 6.54 Å². The molecule has 0 aliphatic heterocycles. The van der Waals surface area contributed by atoms with E-state index in [2.05, 4.69) is 67.7 Å². The minimum atomic E-state index is -0.0253. The molecule has 2 nitrogen and oxygen atoms in total. The Kier molecular flexibility index (Phi) is 7.28. The first-order valence-electron chi connectivity index (χ1n) is 8.75. The molecule has 2 aromatic rings. The zero-order valence-electron chi connectivity index (χ0n) is 14.7. The molecule has 0 fully saturated rings. The number of nitrogens with one attached hydrogen (secondary N) is 1. The molecule has 0 aliphatic carbocycles. The largest absolute Gasteiger partial charge is 0.353 e. The van der Waals surface area contributed by atoms with Crippen molar-refractivity contribution in [3.63, 3.8) is 0 Å². The third-order valence-electron chi connectivity index (χ3n) is 4.06. The van der Waals surface area contributed by atoms with E-state index in [0.29, 0.717) is 5.92 Å². The molecule has 0 atom stereocenters. The van der Waals surface area contributed by atoms with Gasteiger partial charge in [-0.15, -0.1) is 0 Å². The Hall–Kier alpha value is -2.35. The molecule has 0 aromatic heterocycles. The Morgan fingerprint density at radius 1 is 1.00 bits per heavy atom. The van der Waals surface area contributed by atoms with Crippen LogP contribution < -0.4 is 5.32 Å². The van der Waals surface area contributed by atoms with Crippen LogP contribution in [0.15, 0.2) is 60.7 Å². The lowest BCUT2D eigenvalue weighted by Crippen LogP contribution is -2.22. The van der Waals surface area contributed by atoms with Crippen molar-refractivity contribution in [1.29, 1.82) is 0 Å². The van der Waals surface area contributed by atoms with E-state index in [9.17, 15) is 4.79 Å². The van der Waals surface area contributed by atoms with Gasteiger partial charge in [-0.05, 0) is 47.9 Å². The van der Waals surface area contributed by atoms with E-state index in [1.54, 1.807) is 6.08 Å². The van der Waals surface area contributed by atoms with Gasteiger partial charge in [0.2, 0.25) is 5.91 Å². The van der Waals surface area contributed by atoms with Crippen LogP contribution in [-0.2, 0) is 11.2 Å². The number of benzene rings is 2. The molecule has 126 valence electrons. The Balaban J connectivity index is 1.65. The van der Waals surface area contributed by atoms with Crippen LogP contribution >= 0.6 is 0 Å². The second-order valence-electron chi connectivity index (χ2n) is 6.39. The number of hydrogen-bond donors (Lipinski definition) is 1. The molecular weight excluding hydrogens is 294 g/mol. The first-order valence-corrected chi connectivity index (χ1v) is 8.75. The van der Waals surface area contributed by atoms with E-state index in [0.717, 1.165) is 31.4 Å². The highest BCUT2D eigenvalue weighted by molar-refractivity contribution is 5.91. The van der Waals surface area contributed by atoms with E-state index >= 15 is 0 Å². The van der Waals surface area contributed by atoms with Gasteiger partial charge >= 0.3 is 0 Å². The Morgan fingerprint density at radius 2 is 1.71 bits per heavy atom. The molecule has 0 aliphatic rings. The molecule has 1 N–H and O–H groups in total. The third kappa shape index (κ3) is 6.41. The quantitative estimate of drug-likeness (QED) is 0.540. The first-order chi connectivity index (χ1) is 11.6. The zero-order valence-corrected chi connectivity index (χ0v) is 14.7. The van der Waals surface area contributed by atoms with Crippen molar-refractivity contribution >= 4 is 12.0 Å². The maximum atomic E-state index is 11.8.